The van der Waals surface area contributed by atoms with E-state index in [0.717, 1.165) is 0 Å². The Morgan fingerprint density at radius 2 is 2.11 bits per heavy atom. The van der Waals surface area contributed by atoms with Gasteiger partial charge >= 0.3 is 6.36 Å². The van der Waals surface area contributed by atoms with Crippen LogP contribution in [-0.2, 0) is 0 Å². The van der Waals surface area contributed by atoms with Gasteiger partial charge in [0.05, 0.1) is 17.7 Å². The van der Waals surface area contributed by atoms with Gasteiger partial charge < -0.3 is 15.2 Å². The third kappa shape index (κ3) is 5.32. The molecule has 18 heavy (non-hydrogen) atoms. The number of alkyl halides is 4. The molecule has 3 nitrogen and oxygen atoms in total. The summed E-state index contributed by atoms with van der Waals surface area (Å²) < 4.78 is 40.9. The Hall–Kier alpha value is -0.660. The molecule has 1 atom stereocenters. The number of rotatable bonds is 5. The largest absolute Gasteiger partial charge is 0.573 e. The molecule has 0 radical (unpaired) electrons. The van der Waals surface area contributed by atoms with Gasteiger partial charge in [-0.05, 0) is 18.2 Å². The summed E-state index contributed by atoms with van der Waals surface area (Å²) in [6.45, 7) is 0.0271. The van der Waals surface area contributed by atoms with Gasteiger partial charge in [-0.25, -0.2) is 0 Å². The van der Waals surface area contributed by atoms with Gasteiger partial charge in [0.15, 0.2) is 5.75 Å². The topological polar surface area (TPSA) is 41.5 Å². The quantitative estimate of drug-likeness (QED) is 0.802. The lowest BCUT2D eigenvalue weighted by Crippen LogP contribution is -2.22. The summed E-state index contributed by atoms with van der Waals surface area (Å²) in [6.07, 6.45) is -5.63. The molecule has 0 aliphatic carbocycles. The highest BCUT2D eigenvalue weighted by atomic mass is 79.9. The van der Waals surface area contributed by atoms with Gasteiger partial charge in [0.25, 0.3) is 0 Å². The van der Waals surface area contributed by atoms with Crippen molar-refractivity contribution in [3.8, 4) is 5.75 Å². The molecule has 0 saturated heterocycles. The summed E-state index contributed by atoms with van der Waals surface area (Å²) >= 11 is 8.43. The van der Waals surface area contributed by atoms with Crippen molar-refractivity contribution in [2.45, 2.75) is 12.5 Å². The highest BCUT2D eigenvalue weighted by molar-refractivity contribution is 9.10. The van der Waals surface area contributed by atoms with Crippen molar-refractivity contribution < 1.29 is 23.0 Å². The van der Waals surface area contributed by atoms with E-state index in [-0.39, 0.29) is 23.9 Å². The molecule has 0 bridgehead atoms. The van der Waals surface area contributed by atoms with Crippen LogP contribution in [0.1, 0.15) is 0 Å². The minimum absolute atomic E-state index is 0.0149. The first-order valence-corrected chi connectivity index (χ1v) is 6.18. The number of hydrogen-bond donors (Lipinski definition) is 2. The molecule has 1 aromatic rings. The molecule has 2 N–H and O–H groups in total. The van der Waals surface area contributed by atoms with Gasteiger partial charge in [-0.3, -0.25) is 0 Å². The van der Waals surface area contributed by atoms with Crippen molar-refractivity contribution in [1.82, 2.24) is 0 Å². The lowest BCUT2D eigenvalue weighted by Gasteiger charge is -2.16. The van der Waals surface area contributed by atoms with E-state index < -0.39 is 12.5 Å². The highest BCUT2D eigenvalue weighted by Gasteiger charge is 2.32. The van der Waals surface area contributed by atoms with Gasteiger partial charge in [-0.2, -0.15) is 0 Å². The van der Waals surface area contributed by atoms with Crippen LogP contribution in [0.2, 0.25) is 0 Å². The Balaban J connectivity index is 2.83. The molecule has 0 aromatic heterocycles. The Kier molecular flexibility index (Phi) is 5.55. The molecule has 0 aliphatic heterocycles. The number of nitrogens with one attached hydrogen (secondary N) is 1. The maximum absolute atomic E-state index is 12.2. The molecule has 0 spiro atoms. The first-order chi connectivity index (χ1) is 8.31. The zero-order valence-corrected chi connectivity index (χ0v) is 11.3. The molecule has 102 valence electrons. The van der Waals surface area contributed by atoms with E-state index in [0.29, 0.717) is 4.47 Å². The molecular weight excluding hydrogens is 338 g/mol. The summed E-state index contributed by atoms with van der Waals surface area (Å²) in [6, 6.07) is 4.15. The average Bonchev–Trinajstić information content (AvgIpc) is 2.25. The normalized spacial score (nSPS) is 13.2. The van der Waals surface area contributed by atoms with Gasteiger partial charge in [0.2, 0.25) is 0 Å². The number of halogens is 5. The second kappa shape index (κ2) is 6.49. The van der Waals surface area contributed by atoms with Crippen LogP contribution in [0.15, 0.2) is 22.7 Å². The van der Waals surface area contributed by atoms with E-state index in [1.165, 1.54) is 12.1 Å². The van der Waals surface area contributed by atoms with Crippen LogP contribution in [0, 0.1) is 0 Å². The summed E-state index contributed by atoms with van der Waals surface area (Å²) in [4.78, 5) is 0. The molecule has 1 rings (SSSR count). The molecule has 1 aromatic carbocycles. The van der Waals surface area contributed by atoms with Crippen molar-refractivity contribution in [3.63, 3.8) is 0 Å². The predicted octanol–water partition coefficient (Wildman–Crippen LogP) is 3.36. The molecular formula is C10H10BrClF3NO2. The Labute approximate surface area is 115 Å². The maximum Gasteiger partial charge on any atom is 0.573 e. The molecule has 8 heteroatoms. The lowest BCUT2D eigenvalue weighted by atomic mass is 10.3. The minimum atomic E-state index is -4.78. The van der Waals surface area contributed by atoms with Crippen molar-refractivity contribution >= 4 is 33.2 Å². The van der Waals surface area contributed by atoms with Crippen molar-refractivity contribution in [2.75, 3.05) is 17.7 Å². The number of anilines is 1. The summed E-state index contributed by atoms with van der Waals surface area (Å²) in [7, 11) is 0. The minimum Gasteiger partial charge on any atom is -0.404 e. The summed E-state index contributed by atoms with van der Waals surface area (Å²) in [5.74, 6) is -0.391. The lowest BCUT2D eigenvalue weighted by molar-refractivity contribution is -0.274. The van der Waals surface area contributed by atoms with E-state index in [1.54, 1.807) is 6.07 Å². The first kappa shape index (κ1) is 15.4. The van der Waals surface area contributed by atoms with Crippen molar-refractivity contribution in [1.29, 1.82) is 0 Å². The molecule has 0 heterocycles. The number of hydrogen-bond acceptors (Lipinski definition) is 3. The average molecular weight is 349 g/mol. The third-order valence-corrected chi connectivity index (χ3v) is 2.73. The van der Waals surface area contributed by atoms with Crippen molar-refractivity contribution in [2.24, 2.45) is 0 Å². The van der Waals surface area contributed by atoms with Crippen LogP contribution in [0.3, 0.4) is 0 Å². The molecule has 1 unspecified atom stereocenters. The molecule has 0 fully saturated rings. The highest BCUT2D eigenvalue weighted by Crippen LogP contribution is 2.32. The van der Waals surface area contributed by atoms with Gasteiger partial charge in [0, 0.05) is 11.0 Å². The van der Waals surface area contributed by atoms with E-state index in [1.807, 2.05) is 0 Å². The van der Waals surface area contributed by atoms with E-state index in [9.17, 15) is 18.3 Å². The Bertz CT molecular complexity index is 403. The van der Waals surface area contributed by atoms with E-state index in [4.69, 9.17) is 11.6 Å². The molecule has 0 amide bonds. The summed E-state index contributed by atoms with van der Waals surface area (Å²) in [5, 5.41) is 11.9. The van der Waals surface area contributed by atoms with E-state index in [2.05, 4.69) is 26.0 Å². The zero-order valence-electron chi connectivity index (χ0n) is 8.97. The number of aliphatic hydroxyl groups excluding tert-OH is 1. The molecule has 0 aliphatic rings. The van der Waals surface area contributed by atoms with Crippen LogP contribution in [-0.4, -0.2) is 30.0 Å². The fraction of sp³-hybridized carbons (Fsp3) is 0.400. The van der Waals surface area contributed by atoms with Crippen LogP contribution in [0.5, 0.6) is 5.75 Å². The second-order valence-corrected chi connectivity index (χ2v) is 4.60. The fourth-order valence-corrected chi connectivity index (χ4v) is 1.58. The van der Waals surface area contributed by atoms with Crippen LogP contribution < -0.4 is 10.1 Å². The standard InChI is InChI=1S/C10H10BrClF3NO2/c11-6-1-2-8(16-5-7(17)4-12)9(3-6)18-10(13,14)15/h1-3,7,16-17H,4-5H2. The van der Waals surface area contributed by atoms with Gasteiger partial charge in [0.1, 0.15) is 0 Å². The van der Waals surface area contributed by atoms with Crippen LogP contribution >= 0.6 is 27.5 Å². The van der Waals surface area contributed by atoms with Crippen molar-refractivity contribution in [3.05, 3.63) is 22.7 Å². The third-order valence-electron chi connectivity index (χ3n) is 1.88. The molecule has 0 saturated carbocycles. The van der Waals surface area contributed by atoms with Gasteiger partial charge in [-0.1, -0.05) is 15.9 Å². The number of benzene rings is 1. The fourth-order valence-electron chi connectivity index (χ4n) is 1.13. The Morgan fingerprint density at radius 1 is 1.44 bits per heavy atom. The number of aliphatic hydroxyl groups is 1. The zero-order chi connectivity index (χ0) is 13.8. The Morgan fingerprint density at radius 3 is 2.67 bits per heavy atom. The SMILES string of the molecule is OC(CCl)CNc1ccc(Br)cc1OC(F)(F)F. The van der Waals surface area contributed by atoms with E-state index >= 15 is 0 Å². The van der Waals surface area contributed by atoms with Crippen LogP contribution in [0.4, 0.5) is 18.9 Å². The number of ether oxygens (including phenoxy) is 1. The smallest absolute Gasteiger partial charge is 0.404 e. The predicted molar refractivity (Wildman–Crippen MR) is 66.0 cm³/mol. The second-order valence-electron chi connectivity index (χ2n) is 3.38. The summed E-state index contributed by atoms with van der Waals surface area (Å²) in [5.41, 5.74) is 0.125. The van der Waals surface area contributed by atoms with Gasteiger partial charge in [-0.15, -0.1) is 24.8 Å². The first-order valence-electron chi connectivity index (χ1n) is 4.85. The van der Waals surface area contributed by atoms with Crippen LogP contribution in [0.25, 0.3) is 0 Å². The maximum atomic E-state index is 12.2. The monoisotopic (exact) mass is 347 g/mol.